The number of nitrogens with one attached hydrogen (secondary N) is 4. The number of carbonyl (C=O) groups is 1. The van der Waals surface area contributed by atoms with Crippen LogP contribution in [0.1, 0.15) is 24.8 Å². The Morgan fingerprint density at radius 1 is 1.23 bits per heavy atom. The molecule has 2 atom stereocenters. The maximum absolute atomic E-state index is 12.1. The Morgan fingerprint density at radius 2 is 2.05 bits per heavy atom. The number of hydrogen-bond donors (Lipinski definition) is 4. The average Bonchev–Trinajstić information content (AvgIpc) is 2.96. The molecule has 6 nitrogen and oxygen atoms in total. The second kappa shape index (κ2) is 5.37. The van der Waals surface area contributed by atoms with Crippen molar-refractivity contribution >= 4 is 11.9 Å². The third-order valence-electron chi connectivity index (χ3n) is 5.09. The predicted octanol–water partition coefficient (Wildman–Crippen LogP) is 0.234. The molecule has 3 aliphatic rings. The van der Waals surface area contributed by atoms with Gasteiger partial charge in [-0.2, -0.15) is 0 Å². The van der Waals surface area contributed by atoms with Gasteiger partial charge in [0, 0.05) is 12.0 Å². The molecule has 4 rings (SSSR count). The SMILES string of the molecule is O=C1NC(=NCC2(c3ccccc3)CCC2)NC2NNCC12. The molecule has 0 spiro atoms. The highest BCUT2D eigenvalue weighted by Crippen LogP contribution is 2.43. The van der Waals surface area contributed by atoms with Gasteiger partial charge in [-0.05, 0) is 18.4 Å². The molecule has 116 valence electrons. The van der Waals surface area contributed by atoms with E-state index in [-0.39, 0.29) is 23.4 Å². The van der Waals surface area contributed by atoms with Gasteiger partial charge in [0.05, 0.1) is 12.5 Å². The highest BCUT2D eigenvalue weighted by Gasteiger charge is 2.40. The lowest BCUT2D eigenvalue weighted by atomic mass is 9.64. The summed E-state index contributed by atoms with van der Waals surface area (Å²) in [6.45, 7) is 1.36. The van der Waals surface area contributed by atoms with E-state index in [1.54, 1.807) is 0 Å². The number of hydrogen-bond acceptors (Lipinski definition) is 4. The number of rotatable bonds is 3. The second-order valence-electron chi connectivity index (χ2n) is 6.41. The third-order valence-corrected chi connectivity index (χ3v) is 5.09. The maximum Gasteiger partial charge on any atom is 0.234 e. The standard InChI is InChI=1S/C16H21N5O/c22-14-12-9-18-21-13(12)19-15(20-14)17-10-16(7-4-8-16)11-5-2-1-3-6-11/h1-3,5-6,12-13,18,21H,4,7-10H2,(H2,17,19,20,22). The molecule has 1 amide bonds. The fourth-order valence-electron chi connectivity index (χ4n) is 3.52. The van der Waals surface area contributed by atoms with E-state index in [2.05, 4.69) is 50.7 Å². The summed E-state index contributed by atoms with van der Waals surface area (Å²) in [5.41, 5.74) is 7.57. The van der Waals surface area contributed by atoms with Gasteiger partial charge in [-0.1, -0.05) is 36.8 Å². The molecule has 2 unspecified atom stereocenters. The summed E-state index contributed by atoms with van der Waals surface area (Å²) < 4.78 is 0. The van der Waals surface area contributed by atoms with Crippen LogP contribution >= 0.6 is 0 Å². The zero-order valence-electron chi connectivity index (χ0n) is 12.4. The van der Waals surface area contributed by atoms with Gasteiger partial charge in [-0.15, -0.1) is 0 Å². The molecule has 4 N–H and O–H groups in total. The summed E-state index contributed by atoms with van der Waals surface area (Å²) in [6, 6.07) is 10.6. The van der Waals surface area contributed by atoms with Crippen LogP contribution in [0.2, 0.25) is 0 Å². The number of carbonyl (C=O) groups excluding carboxylic acids is 1. The van der Waals surface area contributed by atoms with Gasteiger partial charge in [0.15, 0.2) is 5.96 Å². The van der Waals surface area contributed by atoms with E-state index in [0.29, 0.717) is 19.0 Å². The van der Waals surface area contributed by atoms with Crippen molar-refractivity contribution in [1.29, 1.82) is 0 Å². The van der Waals surface area contributed by atoms with Gasteiger partial charge in [0.25, 0.3) is 0 Å². The first-order chi connectivity index (χ1) is 10.8. The largest absolute Gasteiger partial charge is 0.339 e. The van der Waals surface area contributed by atoms with Crippen LogP contribution in [0.25, 0.3) is 0 Å². The van der Waals surface area contributed by atoms with Gasteiger partial charge >= 0.3 is 0 Å². The van der Waals surface area contributed by atoms with Gasteiger partial charge in [0.2, 0.25) is 5.91 Å². The summed E-state index contributed by atoms with van der Waals surface area (Å²) in [6.07, 6.45) is 3.50. The smallest absolute Gasteiger partial charge is 0.234 e. The van der Waals surface area contributed by atoms with E-state index >= 15 is 0 Å². The normalized spacial score (nSPS) is 31.1. The molecule has 6 heteroatoms. The second-order valence-corrected chi connectivity index (χ2v) is 6.41. The van der Waals surface area contributed by atoms with E-state index in [4.69, 9.17) is 0 Å². The first-order valence-electron chi connectivity index (χ1n) is 7.93. The zero-order valence-corrected chi connectivity index (χ0v) is 12.4. The molecule has 1 aromatic rings. The van der Waals surface area contributed by atoms with Crippen molar-refractivity contribution in [2.24, 2.45) is 10.9 Å². The maximum atomic E-state index is 12.1. The number of guanidine groups is 1. The highest BCUT2D eigenvalue weighted by atomic mass is 16.2. The molecule has 1 saturated carbocycles. The minimum atomic E-state index is -0.0780. The minimum absolute atomic E-state index is 0.0300. The van der Waals surface area contributed by atoms with Gasteiger partial charge in [-0.25, -0.2) is 5.43 Å². The van der Waals surface area contributed by atoms with Crippen LogP contribution in [0.4, 0.5) is 0 Å². The first kappa shape index (κ1) is 13.7. The lowest BCUT2D eigenvalue weighted by Gasteiger charge is -2.41. The molecule has 2 aliphatic heterocycles. The summed E-state index contributed by atoms with van der Waals surface area (Å²) in [5, 5.41) is 6.14. The molecule has 1 aliphatic carbocycles. The molecule has 0 bridgehead atoms. The number of amides is 1. The molecule has 0 aromatic heterocycles. The Hall–Kier alpha value is -1.92. The van der Waals surface area contributed by atoms with Crippen LogP contribution in [-0.4, -0.2) is 31.1 Å². The van der Waals surface area contributed by atoms with Crippen molar-refractivity contribution in [3.05, 3.63) is 35.9 Å². The number of nitrogens with zero attached hydrogens (tertiary/aromatic N) is 1. The summed E-state index contributed by atoms with van der Waals surface area (Å²) in [5.74, 6) is 0.540. The van der Waals surface area contributed by atoms with Crippen LogP contribution in [-0.2, 0) is 10.2 Å². The van der Waals surface area contributed by atoms with Crippen LogP contribution in [0.15, 0.2) is 35.3 Å². The van der Waals surface area contributed by atoms with Crippen molar-refractivity contribution in [1.82, 2.24) is 21.5 Å². The van der Waals surface area contributed by atoms with Crippen LogP contribution in [0.5, 0.6) is 0 Å². The monoisotopic (exact) mass is 299 g/mol. The lowest BCUT2D eigenvalue weighted by molar-refractivity contribution is -0.124. The van der Waals surface area contributed by atoms with Gasteiger partial charge < -0.3 is 5.32 Å². The zero-order chi connectivity index (χ0) is 15.0. The van der Waals surface area contributed by atoms with E-state index in [0.717, 1.165) is 12.8 Å². The fourth-order valence-corrected chi connectivity index (χ4v) is 3.52. The Kier molecular flexibility index (Phi) is 3.35. The Morgan fingerprint density at radius 3 is 2.77 bits per heavy atom. The van der Waals surface area contributed by atoms with E-state index in [1.165, 1.54) is 12.0 Å². The Labute approximate surface area is 129 Å². The van der Waals surface area contributed by atoms with Crippen molar-refractivity contribution in [2.45, 2.75) is 30.8 Å². The molecule has 2 heterocycles. The summed E-state index contributed by atoms with van der Waals surface area (Å²) >= 11 is 0. The molecular formula is C16H21N5O. The Balaban J connectivity index is 1.50. The van der Waals surface area contributed by atoms with E-state index < -0.39 is 0 Å². The third kappa shape index (κ3) is 2.28. The van der Waals surface area contributed by atoms with E-state index in [1.807, 2.05) is 6.07 Å². The molecule has 22 heavy (non-hydrogen) atoms. The molecule has 0 radical (unpaired) electrons. The van der Waals surface area contributed by atoms with Crippen LogP contribution < -0.4 is 21.5 Å². The van der Waals surface area contributed by atoms with E-state index in [9.17, 15) is 4.79 Å². The number of aliphatic imine (C=N–C) groups is 1. The molecule has 2 saturated heterocycles. The predicted molar refractivity (Wildman–Crippen MR) is 84.0 cm³/mol. The molecule has 1 aromatic carbocycles. The summed E-state index contributed by atoms with van der Waals surface area (Å²) in [4.78, 5) is 16.7. The van der Waals surface area contributed by atoms with Crippen molar-refractivity contribution in [3.8, 4) is 0 Å². The molecular weight excluding hydrogens is 278 g/mol. The first-order valence-corrected chi connectivity index (χ1v) is 7.93. The van der Waals surface area contributed by atoms with Crippen molar-refractivity contribution in [3.63, 3.8) is 0 Å². The van der Waals surface area contributed by atoms with Crippen LogP contribution in [0, 0.1) is 5.92 Å². The summed E-state index contributed by atoms with van der Waals surface area (Å²) in [7, 11) is 0. The van der Waals surface area contributed by atoms with Crippen LogP contribution in [0.3, 0.4) is 0 Å². The van der Waals surface area contributed by atoms with Crippen molar-refractivity contribution in [2.75, 3.05) is 13.1 Å². The Bertz CT molecular complexity index is 596. The average molecular weight is 299 g/mol. The van der Waals surface area contributed by atoms with Gasteiger partial charge in [0.1, 0.15) is 6.17 Å². The number of hydrazine groups is 1. The highest BCUT2D eigenvalue weighted by molar-refractivity contribution is 6.01. The van der Waals surface area contributed by atoms with Gasteiger partial charge in [-0.3, -0.25) is 20.5 Å². The lowest BCUT2D eigenvalue weighted by Crippen LogP contribution is -2.61. The topological polar surface area (TPSA) is 77.5 Å². The quantitative estimate of drug-likeness (QED) is 0.644. The number of fused-ring (bicyclic) bond motifs is 1. The number of benzene rings is 1. The fraction of sp³-hybridized carbons (Fsp3) is 0.500. The minimum Gasteiger partial charge on any atom is -0.339 e. The van der Waals surface area contributed by atoms with Crippen molar-refractivity contribution < 1.29 is 4.79 Å². The molecule has 3 fully saturated rings.